The molecule has 0 fully saturated rings. The number of aromatic carboxylic acids is 1. The lowest BCUT2D eigenvalue weighted by atomic mass is 10.1. The molecule has 0 aromatic heterocycles. The number of benzene rings is 2. The number of hydrogen-bond acceptors (Lipinski definition) is 6. The predicted molar refractivity (Wildman–Crippen MR) is 102 cm³/mol. The van der Waals surface area contributed by atoms with Gasteiger partial charge in [-0.2, -0.15) is 0 Å². The van der Waals surface area contributed by atoms with Gasteiger partial charge in [-0.25, -0.2) is 18.4 Å². The lowest BCUT2D eigenvalue weighted by Gasteiger charge is -2.18. The van der Waals surface area contributed by atoms with E-state index in [4.69, 9.17) is 10.9 Å². The number of hydrogen-bond donors (Lipinski definition) is 5. The molecule has 26 heavy (non-hydrogen) atoms. The second-order valence-electron chi connectivity index (χ2n) is 5.44. The summed E-state index contributed by atoms with van der Waals surface area (Å²) in [5, 5.41) is 20.5. The van der Waals surface area contributed by atoms with Crippen molar-refractivity contribution in [3.63, 3.8) is 0 Å². The monoisotopic (exact) mass is 376 g/mol. The minimum absolute atomic E-state index is 0.159. The molecule has 0 spiro atoms. The van der Waals surface area contributed by atoms with Crippen LogP contribution in [-0.2, 0) is 10.0 Å². The van der Waals surface area contributed by atoms with E-state index >= 15 is 0 Å². The third-order valence-corrected chi connectivity index (χ3v) is 4.42. The summed E-state index contributed by atoms with van der Waals surface area (Å²) in [6, 6.07) is 9.01. The number of nitrogen functional groups attached to an aromatic ring is 1. The number of nitrogens with one attached hydrogen (secondary N) is 2. The van der Waals surface area contributed by atoms with Crippen LogP contribution in [0.4, 0.5) is 22.7 Å². The van der Waals surface area contributed by atoms with Gasteiger partial charge in [0.25, 0.3) is 0 Å². The molecule has 9 heteroatoms. The normalized spacial score (nSPS) is 11.5. The summed E-state index contributed by atoms with van der Waals surface area (Å²) in [6.45, 7) is 2.21. The van der Waals surface area contributed by atoms with Gasteiger partial charge in [0.05, 0.1) is 16.9 Å². The first-order valence-electron chi connectivity index (χ1n) is 7.64. The Hall–Kier alpha value is -3.04. The summed E-state index contributed by atoms with van der Waals surface area (Å²) >= 11 is 0. The molecule has 0 aliphatic heterocycles. The third kappa shape index (κ3) is 4.74. The number of primary sulfonamides is 1. The molecule has 0 bridgehead atoms. The second kappa shape index (κ2) is 7.89. The van der Waals surface area contributed by atoms with Gasteiger partial charge in [0.15, 0.2) is 0 Å². The van der Waals surface area contributed by atoms with Gasteiger partial charge in [-0.15, -0.1) is 0 Å². The zero-order valence-corrected chi connectivity index (χ0v) is 14.9. The molecule has 0 saturated carbocycles. The highest BCUT2D eigenvalue weighted by molar-refractivity contribution is 7.89. The zero-order chi connectivity index (χ0) is 19.3. The first-order chi connectivity index (χ1) is 12.2. The minimum Gasteiger partial charge on any atom is -0.478 e. The molecule has 2 aromatic rings. The summed E-state index contributed by atoms with van der Waals surface area (Å²) in [6.07, 6.45) is 3.61. The molecule has 0 radical (unpaired) electrons. The van der Waals surface area contributed by atoms with Crippen molar-refractivity contribution in [1.82, 2.24) is 0 Å². The van der Waals surface area contributed by atoms with Crippen molar-refractivity contribution in [2.24, 2.45) is 5.14 Å². The number of allylic oxidation sites excluding steroid dienone is 1. The second-order valence-corrected chi connectivity index (χ2v) is 6.97. The van der Waals surface area contributed by atoms with Crippen LogP contribution >= 0.6 is 0 Å². The van der Waals surface area contributed by atoms with Crippen LogP contribution in [0.3, 0.4) is 0 Å². The standard InChI is InChI=1S/C17H20N4O4S/c1-2-3-8-20-14-9-11(17(22)23)10-15(26(19,24)25)16(14)21-13-6-4-12(18)5-7-13/h2-7,9-10,20-21H,8,18H2,1H3,(H,22,23)(H2,19,24,25). The van der Waals surface area contributed by atoms with Crippen molar-refractivity contribution >= 4 is 38.7 Å². The molecular formula is C17H20N4O4S. The van der Waals surface area contributed by atoms with Crippen molar-refractivity contribution in [1.29, 1.82) is 0 Å². The molecule has 8 nitrogen and oxygen atoms in total. The third-order valence-electron chi connectivity index (χ3n) is 3.48. The quantitative estimate of drug-likeness (QED) is 0.368. The number of carbonyl (C=O) groups is 1. The average Bonchev–Trinajstić information content (AvgIpc) is 2.57. The Morgan fingerprint density at radius 3 is 2.42 bits per heavy atom. The van der Waals surface area contributed by atoms with Gasteiger partial charge in [0.2, 0.25) is 10.0 Å². The summed E-state index contributed by atoms with van der Waals surface area (Å²) in [4.78, 5) is 11.0. The van der Waals surface area contributed by atoms with Crippen LogP contribution in [0.5, 0.6) is 0 Å². The SMILES string of the molecule is CC=CCNc1cc(C(=O)O)cc(S(N)(=O)=O)c1Nc1ccc(N)cc1. The fourth-order valence-electron chi connectivity index (χ4n) is 2.23. The topological polar surface area (TPSA) is 148 Å². The van der Waals surface area contributed by atoms with E-state index in [0.717, 1.165) is 6.07 Å². The highest BCUT2D eigenvalue weighted by atomic mass is 32.2. The first-order valence-corrected chi connectivity index (χ1v) is 9.18. The molecule has 0 aliphatic rings. The Balaban J connectivity index is 2.62. The number of carboxylic acids is 1. The van der Waals surface area contributed by atoms with Crippen molar-refractivity contribution < 1.29 is 18.3 Å². The van der Waals surface area contributed by atoms with E-state index in [2.05, 4.69) is 10.6 Å². The Morgan fingerprint density at radius 2 is 1.88 bits per heavy atom. The van der Waals surface area contributed by atoms with Crippen LogP contribution in [0.2, 0.25) is 0 Å². The summed E-state index contributed by atoms with van der Waals surface area (Å²) < 4.78 is 24.1. The van der Waals surface area contributed by atoms with E-state index in [1.807, 2.05) is 13.0 Å². The number of nitrogens with two attached hydrogens (primary N) is 2. The van der Waals surface area contributed by atoms with Gasteiger partial charge in [0, 0.05) is 17.9 Å². The van der Waals surface area contributed by atoms with E-state index in [-0.39, 0.29) is 16.1 Å². The van der Waals surface area contributed by atoms with Crippen LogP contribution in [0.1, 0.15) is 17.3 Å². The Kier molecular flexibility index (Phi) is 5.86. The Bertz CT molecular complexity index is 938. The highest BCUT2D eigenvalue weighted by Gasteiger charge is 2.21. The van der Waals surface area contributed by atoms with Crippen LogP contribution in [0, 0.1) is 0 Å². The maximum atomic E-state index is 12.0. The molecule has 0 heterocycles. The lowest BCUT2D eigenvalue weighted by Crippen LogP contribution is -2.17. The van der Waals surface area contributed by atoms with Gasteiger partial charge in [-0.3, -0.25) is 0 Å². The number of rotatable bonds is 7. The van der Waals surface area contributed by atoms with Gasteiger partial charge in [-0.05, 0) is 43.3 Å². The van der Waals surface area contributed by atoms with E-state index in [1.165, 1.54) is 6.07 Å². The molecule has 0 amide bonds. The summed E-state index contributed by atoms with van der Waals surface area (Å²) in [5.41, 5.74) is 7.04. The first kappa shape index (κ1) is 19.3. The smallest absolute Gasteiger partial charge is 0.335 e. The van der Waals surface area contributed by atoms with Crippen LogP contribution in [0.25, 0.3) is 0 Å². The lowest BCUT2D eigenvalue weighted by molar-refractivity contribution is 0.0696. The molecule has 0 aliphatic carbocycles. The molecule has 7 N–H and O–H groups in total. The van der Waals surface area contributed by atoms with Crippen LogP contribution < -0.4 is 21.5 Å². The zero-order valence-electron chi connectivity index (χ0n) is 14.1. The van der Waals surface area contributed by atoms with Crippen LogP contribution in [-0.4, -0.2) is 26.0 Å². The van der Waals surface area contributed by atoms with E-state index in [0.29, 0.717) is 23.6 Å². The van der Waals surface area contributed by atoms with Gasteiger partial charge in [0.1, 0.15) is 4.90 Å². The molecule has 0 atom stereocenters. The van der Waals surface area contributed by atoms with Crippen LogP contribution in [0.15, 0.2) is 53.4 Å². The molecule has 0 saturated heterocycles. The average molecular weight is 376 g/mol. The largest absolute Gasteiger partial charge is 0.478 e. The fourth-order valence-corrected chi connectivity index (χ4v) is 2.97. The Labute approximate surface area is 151 Å². The van der Waals surface area contributed by atoms with Crippen molar-refractivity contribution in [3.05, 3.63) is 54.1 Å². The van der Waals surface area contributed by atoms with E-state index < -0.39 is 16.0 Å². The molecule has 138 valence electrons. The van der Waals surface area contributed by atoms with E-state index in [1.54, 1.807) is 30.3 Å². The van der Waals surface area contributed by atoms with Gasteiger partial charge in [-0.1, -0.05) is 12.2 Å². The summed E-state index contributed by atoms with van der Waals surface area (Å²) in [7, 11) is -4.18. The fraction of sp³-hybridized carbons (Fsp3) is 0.118. The van der Waals surface area contributed by atoms with Crippen molar-refractivity contribution in [3.8, 4) is 0 Å². The highest BCUT2D eigenvalue weighted by Crippen LogP contribution is 2.34. The van der Waals surface area contributed by atoms with Crippen molar-refractivity contribution in [2.45, 2.75) is 11.8 Å². The molecule has 0 unspecified atom stereocenters. The molecule has 2 aromatic carbocycles. The predicted octanol–water partition coefficient (Wildman–Crippen LogP) is 2.35. The Morgan fingerprint density at radius 1 is 1.23 bits per heavy atom. The minimum atomic E-state index is -4.18. The maximum absolute atomic E-state index is 12.0. The number of carboxylic acid groups (broad SMARTS) is 1. The molecule has 2 rings (SSSR count). The molecular weight excluding hydrogens is 356 g/mol. The van der Waals surface area contributed by atoms with Gasteiger partial charge >= 0.3 is 5.97 Å². The number of sulfonamides is 1. The van der Waals surface area contributed by atoms with E-state index in [9.17, 15) is 18.3 Å². The maximum Gasteiger partial charge on any atom is 0.335 e. The van der Waals surface area contributed by atoms with Gasteiger partial charge < -0.3 is 21.5 Å². The van der Waals surface area contributed by atoms with Crippen molar-refractivity contribution in [2.75, 3.05) is 22.9 Å². The summed E-state index contributed by atoms with van der Waals surface area (Å²) in [5.74, 6) is -1.26. The number of anilines is 4.